The SMILES string of the molecule is COc1ccc(-n2nc(C(=O)N[C@@H](C)c3ccccc3)c(=O)n(Cc3cccc(C(F)(F)F)c3)c2=O)cc1OC. The van der Waals surface area contributed by atoms with Crippen molar-refractivity contribution in [1.29, 1.82) is 0 Å². The first-order valence-electron chi connectivity index (χ1n) is 12.0. The van der Waals surface area contributed by atoms with Gasteiger partial charge in [0, 0.05) is 6.07 Å². The summed E-state index contributed by atoms with van der Waals surface area (Å²) in [5.74, 6) is -0.271. The predicted octanol–water partition coefficient (Wildman–Crippen LogP) is 3.97. The third-order valence-corrected chi connectivity index (χ3v) is 6.13. The lowest BCUT2D eigenvalue weighted by atomic mass is 10.1. The molecular weight excluding hydrogens is 529 g/mol. The fourth-order valence-electron chi connectivity index (χ4n) is 4.04. The average molecular weight is 555 g/mol. The van der Waals surface area contributed by atoms with E-state index < -0.39 is 47.2 Å². The van der Waals surface area contributed by atoms with Gasteiger partial charge in [0.2, 0.25) is 5.69 Å². The summed E-state index contributed by atoms with van der Waals surface area (Å²) < 4.78 is 51.9. The Morgan fingerprint density at radius 3 is 2.30 bits per heavy atom. The highest BCUT2D eigenvalue weighted by molar-refractivity contribution is 5.92. The normalized spacial score (nSPS) is 12.1. The highest BCUT2D eigenvalue weighted by Gasteiger charge is 2.30. The Balaban J connectivity index is 1.85. The summed E-state index contributed by atoms with van der Waals surface area (Å²) in [6, 6.07) is 17.1. The molecule has 1 amide bonds. The van der Waals surface area contributed by atoms with Crippen molar-refractivity contribution in [1.82, 2.24) is 19.7 Å². The summed E-state index contributed by atoms with van der Waals surface area (Å²) in [6.45, 7) is 1.17. The maximum atomic E-state index is 13.5. The van der Waals surface area contributed by atoms with Gasteiger partial charge in [0.25, 0.3) is 11.5 Å². The molecule has 1 atom stereocenters. The van der Waals surface area contributed by atoms with Crippen molar-refractivity contribution in [2.24, 2.45) is 0 Å². The highest BCUT2D eigenvalue weighted by Crippen LogP contribution is 2.30. The van der Waals surface area contributed by atoms with E-state index in [9.17, 15) is 27.6 Å². The molecule has 0 saturated heterocycles. The molecule has 0 saturated carbocycles. The van der Waals surface area contributed by atoms with Gasteiger partial charge in [0.1, 0.15) is 0 Å². The number of alkyl halides is 3. The van der Waals surface area contributed by atoms with E-state index in [1.807, 2.05) is 6.07 Å². The van der Waals surface area contributed by atoms with Crippen molar-refractivity contribution in [2.75, 3.05) is 14.2 Å². The second-order valence-electron chi connectivity index (χ2n) is 8.78. The number of aromatic nitrogens is 3. The second kappa shape index (κ2) is 11.5. The van der Waals surface area contributed by atoms with Crippen molar-refractivity contribution in [3.8, 4) is 17.2 Å². The first-order valence-corrected chi connectivity index (χ1v) is 12.0. The molecule has 0 aliphatic rings. The van der Waals surface area contributed by atoms with Gasteiger partial charge in [-0.25, -0.2) is 4.79 Å². The van der Waals surface area contributed by atoms with Gasteiger partial charge in [0.05, 0.1) is 38.1 Å². The average Bonchev–Trinajstić information content (AvgIpc) is 2.95. The van der Waals surface area contributed by atoms with Gasteiger partial charge in [-0.05, 0) is 42.3 Å². The number of hydrogen-bond acceptors (Lipinski definition) is 6. The molecule has 0 bridgehead atoms. The molecule has 3 aromatic carbocycles. The molecule has 0 spiro atoms. The maximum absolute atomic E-state index is 13.5. The topological polar surface area (TPSA) is 104 Å². The fourth-order valence-corrected chi connectivity index (χ4v) is 4.04. The Kier molecular flexibility index (Phi) is 8.08. The number of hydrogen-bond donors (Lipinski definition) is 1. The van der Waals surface area contributed by atoms with Gasteiger partial charge in [-0.3, -0.25) is 14.2 Å². The Morgan fingerprint density at radius 2 is 1.65 bits per heavy atom. The number of rotatable bonds is 8. The van der Waals surface area contributed by atoms with E-state index in [4.69, 9.17) is 9.47 Å². The maximum Gasteiger partial charge on any atom is 0.416 e. The molecule has 4 rings (SSSR count). The number of methoxy groups -OCH3 is 2. The number of carbonyl (C=O) groups excluding carboxylic acids is 1. The van der Waals surface area contributed by atoms with Crippen molar-refractivity contribution in [3.05, 3.63) is 116 Å². The zero-order chi connectivity index (χ0) is 29.0. The lowest BCUT2D eigenvalue weighted by molar-refractivity contribution is -0.137. The van der Waals surface area contributed by atoms with Crippen LogP contribution in [-0.2, 0) is 12.7 Å². The van der Waals surface area contributed by atoms with Crippen LogP contribution in [0.5, 0.6) is 11.5 Å². The minimum atomic E-state index is -4.63. The highest BCUT2D eigenvalue weighted by atomic mass is 19.4. The number of halogens is 3. The van der Waals surface area contributed by atoms with E-state index in [1.54, 1.807) is 31.2 Å². The van der Waals surface area contributed by atoms with Crippen molar-refractivity contribution in [2.45, 2.75) is 25.7 Å². The van der Waals surface area contributed by atoms with Crippen LogP contribution in [0.15, 0.2) is 82.4 Å². The van der Waals surface area contributed by atoms with Crippen LogP contribution in [0.3, 0.4) is 0 Å². The number of amides is 1. The van der Waals surface area contributed by atoms with Crippen molar-refractivity contribution in [3.63, 3.8) is 0 Å². The van der Waals surface area contributed by atoms with Gasteiger partial charge in [-0.1, -0.05) is 42.5 Å². The number of ether oxygens (including phenoxy) is 2. The Hall–Kier alpha value is -4.87. The van der Waals surface area contributed by atoms with Crippen LogP contribution in [-0.4, -0.2) is 34.5 Å². The minimum absolute atomic E-state index is 0.0306. The summed E-state index contributed by atoms with van der Waals surface area (Å²) in [5, 5.41) is 6.75. The molecule has 0 aliphatic heterocycles. The molecule has 12 heteroatoms. The third-order valence-electron chi connectivity index (χ3n) is 6.13. The lowest BCUT2D eigenvalue weighted by Crippen LogP contribution is -2.46. The van der Waals surface area contributed by atoms with Gasteiger partial charge >= 0.3 is 11.9 Å². The number of carbonyl (C=O) groups is 1. The van der Waals surface area contributed by atoms with Gasteiger partial charge in [-0.15, -0.1) is 0 Å². The summed E-state index contributed by atoms with van der Waals surface area (Å²) >= 11 is 0. The second-order valence-corrected chi connectivity index (χ2v) is 8.78. The summed E-state index contributed by atoms with van der Waals surface area (Å²) in [7, 11) is 2.81. The van der Waals surface area contributed by atoms with Crippen LogP contribution in [0.4, 0.5) is 13.2 Å². The predicted molar refractivity (Wildman–Crippen MR) is 140 cm³/mol. The zero-order valence-electron chi connectivity index (χ0n) is 21.7. The van der Waals surface area contributed by atoms with Crippen LogP contribution in [0, 0.1) is 0 Å². The van der Waals surface area contributed by atoms with Crippen LogP contribution >= 0.6 is 0 Å². The van der Waals surface area contributed by atoms with E-state index in [0.29, 0.717) is 10.3 Å². The Morgan fingerprint density at radius 1 is 0.950 bits per heavy atom. The molecule has 4 aromatic rings. The molecule has 0 radical (unpaired) electrons. The molecule has 1 aromatic heterocycles. The van der Waals surface area contributed by atoms with E-state index in [1.165, 1.54) is 44.6 Å². The molecule has 208 valence electrons. The molecule has 1 N–H and O–H groups in total. The first kappa shape index (κ1) is 28.1. The lowest BCUT2D eigenvalue weighted by Gasteiger charge is -2.16. The molecule has 0 fully saturated rings. The minimum Gasteiger partial charge on any atom is -0.493 e. The zero-order valence-corrected chi connectivity index (χ0v) is 21.7. The van der Waals surface area contributed by atoms with Gasteiger partial charge < -0.3 is 14.8 Å². The molecular formula is C28H25F3N4O5. The van der Waals surface area contributed by atoms with Crippen molar-refractivity contribution < 1.29 is 27.4 Å². The standard InChI is InChI=1S/C28H25F3N4O5/c1-17(19-9-5-4-6-10-19)32-25(36)24-26(37)34(16-18-8-7-11-20(14-18)28(29,30)31)27(38)35(33-24)21-12-13-22(39-2)23(15-21)40-3/h4-15,17H,16H2,1-3H3,(H,32,36)/t17-/m0/s1. The first-order chi connectivity index (χ1) is 19.0. The monoisotopic (exact) mass is 554 g/mol. The third kappa shape index (κ3) is 5.90. The molecule has 0 unspecified atom stereocenters. The largest absolute Gasteiger partial charge is 0.493 e. The van der Waals surface area contributed by atoms with Gasteiger partial charge in [0.15, 0.2) is 11.5 Å². The summed E-state index contributed by atoms with van der Waals surface area (Å²) in [5.41, 5.74) is -2.67. The molecule has 1 heterocycles. The van der Waals surface area contributed by atoms with E-state index in [-0.39, 0.29) is 17.0 Å². The smallest absolute Gasteiger partial charge is 0.416 e. The van der Waals surface area contributed by atoms with Crippen LogP contribution in [0.25, 0.3) is 5.69 Å². The van der Waals surface area contributed by atoms with Crippen molar-refractivity contribution >= 4 is 5.91 Å². The number of nitrogens with one attached hydrogen (secondary N) is 1. The van der Waals surface area contributed by atoms with Gasteiger partial charge in [-0.2, -0.15) is 23.0 Å². The Bertz CT molecular complexity index is 1650. The number of benzene rings is 3. The Labute approximate surface area is 226 Å². The fraction of sp³-hybridized carbons (Fsp3) is 0.214. The van der Waals surface area contributed by atoms with Crippen LogP contribution in [0.1, 0.15) is 40.1 Å². The van der Waals surface area contributed by atoms with E-state index in [2.05, 4.69) is 10.4 Å². The van der Waals surface area contributed by atoms with Crippen LogP contribution in [0.2, 0.25) is 0 Å². The summed E-state index contributed by atoms with van der Waals surface area (Å²) in [6.07, 6.45) is -4.63. The number of nitrogens with zero attached hydrogens (tertiary/aromatic N) is 3. The van der Waals surface area contributed by atoms with E-state index >= 15 is 0 Å². The molecule has 9 nitrogen and oxygen atoms in total. The van der Waals surface area contributed by atoms with E-state index in [0.717, 1.165) is 22.4 Å². The molecule has 0 aliphatic carbocycles. The molecule has 40 heavy (non-hydrogen) atoms. The quantitative estimate of drug-likeness (QED) is 0.354. The van der Waals surface area contributed by atoms with Crippen LogP contribution < -0.4 is 26.0 Å². The summed E-state index contributed by atoms with van der Waals surface area (Å²) in [4.78, 5) is 40.2.